The van der Waals surface area contributed by atoms with Gasteiger partial charge in [0.2, 0.25) is 0 Å². The number of para-hydroxylation sites is 1. The number of benzene rings is 2. The number of carboxylic acids is 1. The first-order valence-electron chi connectivity index (χ1n) is 6.11. The average molecular weight is 327 g/mol. The van der Waals surface area contributed by atoms with Crippen LogP contribution in [0.4, 0.5) is 0 Å². The molecule has 0 aromatic heterocycles. The summed E-state index contributed by atoms with van der Waals surface area (Å²) in [6.45, 7) is 0.478. The number of halogens is 2. The maximum Gasteiger partial charge on any atom is 0.335 e. The van der Waals surface area contributed by atoms with Gasteiger partial charge >= 0.3 is 5.97 Å². The summed E-state index contributed by atoms with van der Waals surface area (Å²) in [4.78, 5) is 10.8. The molecule has 0 unspecified atom stereocenters. The van der Waals surface area contributed by atoms with Crippen molar-refractivity contribution in [2.24, 2.45) is 0 Å². The molecule has 0 amide bonds. The van der Waals surface area contributed by atoms with Gasteiger partial charge in [-0.15, -0.1) is 0 Å². The molecule has 2 aromatic carbocycles. The molecule has 21 heavy (non-hydrogen) atoms. The molecule has 0 aliphatic heterocycles. The summed E-state index contributed by atoms with van der Waals surface area (Å²) < 4.78 is 10.9. The van der Waals surface area contributed by atoms with Crippen LogP contribution in [0, 0.1) is 0 Å². The Hall–Kier alpha value is -1.91. The highest BCUT2D eigenvalue weighted by Gasteiger charge is 2.07. The molecule has 0 spiro atoms. The summed E-state index contributed by atoms with van der Waals surface area (Å²) in [5, 5.41) is 9.73. The third kappa shape index (κ3) is 4.28. The van der Waals surface area contributed by atoms with Gasteiger partial charge in [0.25, 0.3) is 0 Å². The summed E-state index contributed by atoms with van der Waals surface area (Å²) in [5.74, 6) is -0.132. The Morgan fingerprint density at radius 3 is 2.29 bits per heavy atom. The molecule has 0 heterocycles. The number of carbonyl (C=O) groups is 1. The van der Waals surface area contributed by atoms with E-state index >= 15 is 0 Å². The van der Waals surface area contributed by atoms with Gasteiger partial charge in [0.15, 0.2) is 5.75 Å². The highest BCUT2D eigenvalue weighted by atomic mass is 35.5. The third-order valence-electron chi connectivity index (χ3n) is 2.60. The molecule has 0 aliphatic rings. The summed E-state index contributed by atoms with van der Waals surface area (Å²) in [6, 6.07) is 11.3. The molecule has 2 aromatic rings. The zero-order valence-corrected chi connectivity index (χ0v) is 12.4. The fraction of sp³-hybridized carbons (Fsp3) is 0.133. The maximum atomic E-state index is 10.8. The van der Waals surface area contributed by atoms with E-state index in [4.69, 9.17) is 37.8 Å². The molecule has 6 heteroatoms. The lowest BCUT2D eigenvalue weighted by Gasteiger charge is -2.11. The maximum absolute atomic E-state index is 10.8. The molecule has 4 nitrogen and oxygen atoms in total. The molecule has 0 radical (unpaired) electrons. The number of aromatic carboxylic acids is 1. The van der Waals surface area contributed by atoms with Gasteiger partial charge in [0, 0.05) is 0 Å². The first-order chi connectivity index (χ1) is 10.1. The van der Waals surface area contributed by atoms with Crippen molar-refractivity contribution in [1.82, 2.24) is 0 Å². The van der Waals surface area contributed by atoms with Crippen LogP contribution in [0.25, 0.3) is 0 Å². The van der Waals surface area contributed by atoms with Gasteiger partial charge in [-0.1, -0.05) is 35.3 Å². The molecule has 0 saturated carbocycles. The van der Waals surface area contributed by atoms with Crippen molar-refractivity contribution in [2.45, 2.75) is 0 Å². The predicted molar refractivity (Wildman–Crippen MR) is 80.9 cm³/mol. The Bertz CT molecular complexity index is 623. The van der Waals surface area contributed by atoms with Crippen LogP contribution in [0.15, 0.2) is 42.5 Å². The molecule has 0 aliphatic carbocycles. The van der Waals surface area contributed by atoms with Crippen LogP contribution in [0.3, 0.4) is 0 Å². The van der Waals surface area contributed by atoms with Crippen LogP contribution in [0.1, 0.15) is 10.4 Å². The summed E-state index contributed by atoms with van der Waals surface area (Å²) in [5.41, 5.74) is 0.169. The highest BCUT2D eigenvalue weighted by Crippen LogP contribution is 2.32. The van der Waals surface area contributed by atoms with E-state index in [0.29, 0.717) is 21.5 Å². The normalized spacial score (nSPS) is 10.2. The van der Waals surface area contributed by atoms with Gasteiger partial charge in [-0.2, -0.15) is 0 Å². The first-order valence-corrected chi connectivity index (χ1v) is 6.86. The zero-order valence-electron chi connectivity index (χ0n) is 10.9. The molecule has 1 N–H and O–H groups in total. The summed E-state index contributed by atoms with van der Waals surface area (Å²) in [6.07, 6.45) is 0. The number of carboxylic acid groups (broad SMARTS) is 1. The van der Waals surface area contributed by atoms with E-state index in [1.165, 1.54) is 12.1 Å². The van der Waals surface area contributed by atoms with Crippen LogP contribution in [-0.4, -0.2) is 24.3 Å². The van der Waals surface area contributed by atoms with E-state index < -0.39 is 5.97 Å². The molecular formula is C15H12Cl2O4. The number of hydrogen-bond acceptors (Lipinski definition) is 3. The van der Waals surface area contributed by atoms with Crippen molar-refractivity contribution >= 4 is 29.2 Å². The first kappa shape index (κ1) is 15.5. The van der Waals surface area contributed by atoms with Crippen molar-refractivity contribution in [3.63, 3.8) is 0 Å². The van der Waals surface area contributed by atoms with Gasteiger partial charge in [-0.25, -0.2) is 4.79 Å². The molecule has 2 rings (SSSR count). The fourth-order valence-corrected chi connectivity index (χ4v) is 2.15. The van der Waals surface area contributed by atoms with Crippen LogP contribution in [0.2, 0.25) is 10.0 Å². The van der Waals surface area contributed by atoms with E-state index in [1.807, 2.05) is 0 Å². The summed E-state index contributed by atoms with van der Waals surface area (Å²) >= 11 is 11.9. The van der Waals surface area contributed by atoms with Crippen molar-refractivity contribution < 1.29 is 19.4 Å². The monoisotopic (exact) mass is 326 g/mol. The highest BCUT2D eigenvalue weighted by molar-refractivity contribution is 6.37. The lowest BCUT2D eigenvalue weighted by Crippen LogP contribution is -2.09. The van der Waals surface area contributed by atoms with Gasteiger partial charge in [0.05, 0.1) is 15.6 Å². The van der Waals surface area contributed by atoms with Crippen LogP contribution >= 0.6 is 23.2 Å². The quantitative estimate of drug-likeness (QED) is 0.810. The topological polar surface area (TPSA) is 55.8 Å². The number of rotatable bonds is 6. The van der Waals surface area contributed by atoms with Crippen molar-refractivity contribution in [1.29, 1.82) is 0 Å². The molecular weight excluding hydrogens is 315 g/mol. The second kappa shape index (κ2) is 7.20. The second-order valence-electron chi connectivity index (χ2n) is 4.08. The Kier molecular flexibility index (Phi) is 5.31. The minimum Gasteiger partial charge on any atom is -0.490 e. The largest absolute Gasteiger partial charge is 0.490 e. The Balaban J connectivity index is 1.88. The Labute approximate surface area is 131 Å². The van der Waals surface area contributed by atoms with Crippen molar-refractivity contribution in [2.75, 3.05) is 13.2 Å². The second-order valence-corrected chi connectivity index (χ2v) is 4.90. The van der Waals surface area contributed by atoms with E-state index in [-0.39, 0.29) is 18.8 Å². The Morgan fingerprint density at radius 1 is 1.00 bits per heavy atom. The van der Waals surface area contributed by atoms with Crippen LogP contribution in [-0.2, 0) is 0 Å². The van der Waals surface area contributed by atoms with E-state index in [9.17, 15) is 4.79 Å². The third-order valence-corrected chi connectivity index (χ3v) is 3.19. The van der Waals surface area contributed by atoms with Crippen molar-refractivity contribution in [3.8, 4) is 11.5 Å². The lowest BCUT2D eigenvalue weighted by atomic mass is 10.2. The molecule has 0 saturated heterocycles. The zero-order chi connectivity index (χ0) is 15.2. The van der Waals surface area contributed by atoms with Gasteiger partial charge in [0.1, 0.15) is 19.0 Å². The minimum atomic E-state index is -1.00. The Morgan fingerprint density at radius 2 is 1.62 bits per heavy atom. The fourth-order valence-electron chi connectivity index (χ4n) is 1.64. The number of hydrogen-bond donors (Lipinski definition) is 1. The standard InChI is InChI=1S/C15H12Cl2O4/c16-12-5-2-6-13(17)14(12)21-8-7-20-11-4-1-3-10(9-11)15(18)19/h1-6,9H,7-8H2,(H,18,19). The average Bonchev–Trinajstić information content (AvgIpc) is 2.46. The molecule has 0 bridgehead atoms. The number of ether oxygens (including phenoxy) is 2. The van der Waals surface area contributed by atoms with Crippen molar-refractivity contribution in [3.05, 3.63) is 58.1 Å². The smallest absolute Gasteiger partial charge is 0.335 e. The minimum absolute atomic E-state index is 0.169. The van der Waals surface area contributed by atoms with Gasteiger partial charge < -0.3 is 14.6 Å². The molecule has 110 valence electrons. The SMILES string of the molecule is O=C(O)c1cccc(OCCOc2c(Cl)cccc2Cl)c1. The van der Waals surface area contributed by atoms with E-state index in [1.54, 1.807) is 30.3 Å². The molecule has 0 atom stereocenters. The van der Waals surface area contributed by atoms with Crippen LogP contribution < -0.4 is 9.47 Å². The van der Waals surface area contributed by atoms with E-state index in [0.717, 1.165) is 0 Å². The lowest BCUT2D eigenvalue weighted by molar-refractivity contribution is 0.0696. The van der Waals surface area contributed by atoms with Gasteiger partial charge in [-0.05, 0) is 30.3 Å². The summed E-state index contributed by atoms with van der Waals surface area (Å²) in [7, 11) is 0. The molecule has 0 fully saturated rings. The van der Waals surface area contributed by atoms with Crippen LogP contribution in [0.5, 0.6) is 11.5 Å². The predicted octanol–water partition coefficient (Wildman–Crippen LogP) is 4.15. The van der Waals surface area contributed by atoms with E-state index in [2.05, 4.69) is 0 Å². The van der Waals surface area contributed by atoms with Gasteiger partial charge in [-0.3, -0.25) is 0 Å².